The fourth-order valence-corrected chi connectivity index (χ4v) is 4.67. The van der Waals surface area contributed by atoms with Crippen LogP contribution in [0.1, 0.15) is 19.3 Å². The number of carbonyl (C=O) groups is 1. The number of hydrogen-bond acceptors (Lipinski definition) is 4. The molecule has 24 heavy (non-hydrogen) atoms. The molecule has 6 nitrogen and oxygen atoms in total. The van der Waals surface area contributed by atoms with Crippen molar-refractivity contribution in [2.24, 2.45) is 30.5 Å². The Kier molecular flexibility index (Phi) is 6.04. The average Bonchev–Trinajstić information content (AvgIpc) is 3.23. The van der Waals surface area contributed by atoms with E-state index in [9.17, 15) is 4.79 Å². The lowest BCUT2D eigenvalue weighted by molar-refractivity contribution is -0.138. The zero-order valence-electron chi connectivity index (χ0n) is 14.0. The first-order chi connectivity index (χ1) is 10.6. The largest absolute Gasteiger partial charge is 0.365 e. The van der Waals surface area contributed by atoms with Crippen molar-refractivity contribution in [3.63, 3.8) is 0 Å². The monoisotopic (exact) mass is 375 g/mol. The molecule has 2 bridgehead atoms. The summed E-state index contributed by atoms with van der Waals surface area (Å²) in [6.07, 6.45) is 7.52. The number of rotatable bonds is 2. The van der Waals surface area contributed by atoms with E-state index in [2.05, 4.69) is 10.00 Å². The van der Waals surface area contributed by atoms with E-state index >= 15 is 0 Å². The maximum absolute atomic E-state index is 12.9. The number of halogens is 2. The zero-order chi connectivity index (χ0) is 15.3. The van der Waals surface area contributed by atoms with E-state index in [1.54, 1.807) is 0 Å². The summed E-state index contributed by atoms with van der Waals surface area (Å²) in [7, 11) is 1.93. The SMILES string of the molecule is Cl.Cl.Cn1cc(N2CCN(C(=O)C3C4CCC(C4)C3N)CC2)cn1. The second kappa shape index (κ2) is 7.50. The van der Waals surface area contributed by atoms with Crippen LogP contribution in [-0.4, -0.2) is 52.8 Å². The molecule has 4 atom stereocenters. The van der Waals surface area contributed by atoms with Gasteiger partial charge in [0.15, 0.2) is 0 Å². The van der Waals surface area contributed by atoms with Crippen LogP contribution in [0.3, 0.4) is 0 Å². The predicted octanol–water partition coefficient (Wildman–Crippen LogP) is 1.29. The topological polar surface area (TPSA) is 67.4 Å². The maximum atomic E-state index is 12.9. The number of aryl methyl sites for hydroxylation is 1. The van der Waals surface area contributed by atoms with Gasteiger partial charge in [-0.15, -0.1) is 24.8 Å². The van der Waals surface area contributed by atoms with Crippen molar-refractivity contribution in [3.8, 4) is 0 Å². The molecule has 2 aliphatic carbocycles. The lowest BCUT2D eigenvalue weighted by Gasteiger charge is -2.38. The van der Waals surface area contributed by atoms with Crippen LogP contribution in [-0.2, 0) is 11.8 Å². The van der Waals surface area contributed by atoms with Crippen molar-refractivity contribution in [3.05, 3.63) is 12.4 Å². The standard InChI is InChI=1S/C16H25N5O.2ClH/c1-19-10-13(9-18-19)20-4-6-21(7-5-20)16(22)14-11-2-3-12(8-11)15(14)17;;/h9-12,14-15H,2-8,17H2,1H3;2*1H. The van der Waals surface area contributed by atoms with Crippen LogP contribution < -0.4 is 10.6 Å². The summed E-state index contributed by atoms with van der Waals surface area (Å²) in [5, 5.41) is 4.22. The molecule has 2 N–H and O–H groups in total. The zero-order valence-corrected chi connectivity index (χ0v) is 15.6. The molecule has 0 aromatic carbocycles. The highest BCUT2D eigenvalue weighted by Gasteiger charge is 2.50. The van der Waals surface area contributed by atoms with Gasteiger partial charge in [0.2, 0.25) is 5.91 Å². The second-order valence-corrected chi connectivity index (χ2v) is 7.12. The van der Waals surface area contributed by atoms with Gasteiger partial charge in [-0.25, -0.2) is 0 Å². The minimum Gasteiger partial charge on any atom is -0.365 e. The summed E-state index contributed by atoms with van der Waals surface area (Å²) in [6.45, 7) is 3.36. The van der Waals surface area contributed by atoms with Crippen LogP contribution in [0.2, 0.25) is 0 Å². The van der Waals surface area contributed by atoms with Crippen LogP contribution in [0.15, 0.2) is 12.4 Å². The average molecular weight is 376 g/mol. The minimum atomic E-state index is 0. The molecule has 2 heterocycles. The van der Waals surface area contributed by atoms with E-state index in [0.717, 1.165) is 31.9 Å². The summed E-state index contributed by atoms with van der Waals surface area (Å²) in [4.78, 5) is 17.2. The van der Waals surface area contributed by atoms with Gasteiger partial charge in [0.05, 0.1) is 17.8 Å². The fourth-order valence-electron chi connectivity index (χ4n) is 4.67. The van der Waals surface area contributed by atoms with E-state index < -0.39 is 0 Å². The number of nitrogens with two attached hydrogens (primary N) is 1. The molecule has 1 aromatic rings. The molecule has 4 rings (SSSR count). The molecule has 136 valence electrons. The molecule has 1 saturated heterocycles. The highest BCUT2D eigenvalue weighted by Crippen LogP contribution is 2.48. The van der Waals surface area contributed by atoms with Gasteiger partial charge in [-0.2, -0.15) is 5.10 Å². The van der Waals surface area contributed by atoms with E-state index in [0.29, 0.717) is 17.7 Å². The number of hydrogen-bond donors (Lipinski definition) is 1. The third-order valence-corrected chi connectivity index (χ3v) is 5.91. The van der Waals surface area contributed by atoms with Crippen molar-refractivity contribution < 1.29 is 4.79 Å². The molecule has 3 aliphatic rings. The molecule has 1 amide bonds. The van der Waals surface area contributed by atoms with Crippen LogP contribution in [0.5, 0.6) is 0 Å². The summed E-state index contributed by atoms with van der Waals surface area (Å²) < 4.78 is 1.82. The van der Waals surface area contributed by atoms with Crippen LogP contribution in [0.4, 0.5) is 5.69 Å². The third kappa shape index (κ3) is 3.24. The Morgan fingerprint density at radius 3 is 2.38 bits per heavy atom. The number of fused-ring (bicyclic) bond motifs is 2. The highest BCUT2D eigenvalue weighted by atomic mass is 35.5. The number of piperazine rings is 1. The molecule has 2 saturated carbocycles. The van der Waals surface area contributed by atoms with E-state index in [4.69, 9.17) is 5.73 Å². The molecule has 1 aromatic heterocycles. The van der Waals surface area contributed by atoms with Gasteiger partial charge in [0.25, 0.3) is 0 Å². The number of carbonyl (C=O) groups excluding carboxylic acids is 1. The first-order valence-electron chi connectivity index (χ1n) is 8.41. The molecule has 0 spiro atoms. The molecule has 8 heteroatoms. The quantitative estimate of drug-likeness (QED) is 0.845. The molecular weight excluding hydrogens is 349 g/mol. The summed E-state index contributed by atoms with van der Waals surface area (Å²) in [5.41, 5.74) is 7.47. The lowest BCUT2D eigenvalue weighted by atomic mass is 9.84. The number of nitrogens with zero attached hydrogens (tertiary/aromatic N) is 4. The Balaban J connectivity index is 0.00000104. The predicted molar refractivity (Wildman–Crippen MR) is 98.8 cm³/mol. The lowest BCUT2D eigenvalue weighted by Crippen LogP contribution is -2.53. The van der Waals surface area contributed by atoms with E-state index in [1.807, 2.05) is 29.0 Å². The van der Waals surface area contributed by atoms with E-state index in [-0.39, 0.29) is 36.8 Å². The normalized spacial score (nSPS) is 31.6. The van der Waals surface area contributed by atoms with Crippen LogP contribution in [0.25, 0.3) is 0 Å². The van der Waals surface area contributed by atoms with Gasteiger partial charge >= 0.3 is 0 Å². The Morgan fingerprint density at radius 1 is 1.17 bits per heavy atom. The Hall–Kier alpha value is -0.980. The summed E-state index contributed by atoms with van der Waals surface area (Å²) in [6, 6.07) is 0.0996. The molecule has 3 fully saturated rings. The van der Waals surface area contributed by atoms with Gasteiger partial charge in [0.1, 0.15) is 0 Å². The minimum absolute atomic E-state index is 0. The van der Waals surface area contributed by atoms with Crippen molar-refractivity contribution in [1.29, 1.82) is 0 Å². The van der Waals surface area contributed by atoms with Gasteiger partial charge in [-0.05, 0) is 31.1 Å². The van der Waals surface area contributed by atoms with Crippen LogP contribution in [0, 0.1) is 17.8 Å². The number of anilines is 1. The number of aromatic nitrogens is 2. The van der Waals surface area contributed by atoms with E-state index in [1.165, 1.54) is 19.3 Å². The van der Waals surface area contributed by atoms with Crippen molar-refractivity contribution in [1.82, 2.24) is 14.7 Å². The molecular formula is C16H27Cl2N5O. The highest BCUT2D eigenvalue weighted by molar-refractivity contribution is 5.85. The van der Waals surface area contributed by atoms with Gasteiger partial charge < -0.3 is 15.5 Å². The van der Waals surface area contributed by atoms with Crippen molar-refractivity contribution in [2.75, 3.05) is 31.1 Å². The van der Waals surface area contributed by atoms with Gasteiger partial charge in [-0.3, -0.25) is 9.48 Å². The maximum Gasteiger partial charge on any atom is 0.227 e. The van der Waals surface area contributed by atoms with Crippen molar-refractivity contribution >= 4 is 36.4 Å². The summed E-state index contributed by atoms with van der Waals surface area (Å²) in [5.74, 6) is 1.54. The van der Waals surface area contributed by atoms with Gasteiger partial charge in [-0.1, -0.05) is 0 Å². The van der Waals surface area contributed by atoms with Crippen LogP contribution >= 0.6 is 24.8 Å². The summed E-state index contributed by atoms with van der Waals surface area (Å²) >= 11 is 0. The Labute approximate surface area is 155 Å². The molecule has 4 unspecified atom stereocenters. The number of amides is 1. The smallest absolute Gasteiger partial charge is 0.227 e. The van der Waals surface area contributed by atoms with Crippen molar-refractivity contribution in [2.45, 2.75) is 25.3 Å². The Bertz CT molecular complexity index is 571. The second-order valence-electron chi connectivity index (χ2n) is 7.12. The fraction of sp³-hybridized carbons (Fsp3) is 0.750. The molecule has 1 aliphatic heterocycles. The first-order valence-corrected chi connectivity index (χ1v) is 8.41. The third-order valence-electron chi connectivity index (χ3n) is 5.91. The Morgan fingerprint density at radius 2 is 1.83 bits per heavy atom. The first kappa shape index (κ1) is 19.3. The van der Waals surface area contributed by atoms with Gasteiger partial charge in [0, 0.05) is 45.5 Å². The molecule has 0 radical (unpaired) electrons.